The minimum absolute atomic E-state index is 0.253. The normalized spacial score (nSPS) is 12.2. The molecule has 0 atom stereocenters. The van der Waals surface area contributed by atoms with E-state index in [2.05, 4.69) is 16.9 Å². The summed E-state index contributed by atoms with van der Waals surface area (Å²) in [5.74, 6) is 5.23. The van der Waals surface area contributed by atoms with E-state index >= 15 is 0 Å². The number of anilines is 1. The zero-order valence-corrected chi connectivity index (χ0v) is 13.7. The zero-order valence-electron chi connectivity index (χ0n) is 12.9. The smallest absolute Gasteiger partial charge is 0.319 e. The molecule has 0 saturated heterocycles. The molecule has 2 rings (SSSR count). The SMILES string of the molecule is C=N/N=C(/SC(C)(C)C(=O)O)N(N)c1cccc2ccccc12. The lowest BCUT2D eigenvalue weighted by Crippen LogP contribution is -2.40. The summed E-state index contributed by atoms with van der Waals surface area (Å²) in [4.78, 5) is 11.4. The van der Waals surface area contributed by atoms with E-state index in [0.717, 1.165) is 22.5 Å². The van der Waals surface area contributed by atoms with Gasteiger partial charge in [-0.1, -0.05) is 48.2 Å². The Labute approximate surface area is 138 Å². The number of nitrogens with two attached hydrogens (primary N) is 1. The number of thioether (sulfide) groups is 1. The molecule has 0 amide bonds. The molecule has 2 aromatic rings. The van der Waals surface area contributed by atoms with E-state index in [1.807, 2.05) is 42.5 Å². The molecule has 0 aliphatic heterocycles. The van der Waals surface area contributed by atoms with E-state index in [0.29, 0.717) is 5.69 Å². The number of fused-ring (bicyclic) bond motifs is 1. The van der Waals surface area contributed by atoms with E-state index in [4.69, 9.17) is 5.84 Å². The van der Waals surface area contributed by atoms with Gasteiger partial charge >= 0.3 is 5.97 Å². The number of carboxylic acid groups (broad SMARTS) is 1. The molecule has 0 aliphatic rings. The standard InChI is InChI=1S/C16H18N4O2S/c1-16(2,14(21)22)23-15(19-18-3)20(17)13-10-6-8-11-7-4-5-9-12(11)13/h4-10H,3,17H2,1-2H3,(H,21,22)/b19-15+. The van der Waals surface area contributed by atoms with Crippen LogP contribution in [0.15, 0.2) is 52.7 Å². The Morgan fingerprint density at radius 1 is 1.26 bits per heavy atom. The van der Waals surface area contributed by atoms with Crippen LogP contribution in [0, 0.1) is 0 Å². The molecule has 0 saturated carbocycles. The number of rotatable bonds is 4. The lowest BCUT2D eigenvalue weighted by atomic mass is 10.1. The van der Waals surface area contributed by atoms with Crippen LogP contribution in [0.2, 0.25) is 0 Å². The molecular weight excluding hydrogens is 312 g/mol. The van der Waals surface area contributed by atoms with Crippen molar-refractivity contribution in [3.8, 4) is 0 Å². The maximum absolute atomic E-state index is 11.4. The van der Waals surface area contributed by atoms with Crippen LogP contribution in [-0.4, -0.2) is 27.7 Å². The highest BCUT2D eigenvalue weighted by atomic mass is 32.2. The maximum Gasteiger partial charge on any atom is 0.319 e. The Morgan fingerprint density at radius 3 is 2.57 bits per heavy atom. The second-order valence-corrected chi connectivity index (χ2v) is 6.90. The average Bonchev–Trinajstić information content (AvgIpc) is 2.53. The molecule has 6 nitrogen and oxygen atoms in total. The highest BCUT2D eigenvalue weighted by Gasteiger charge is 2.32. The zero-order chi connectivity index (χ0) is 17.0. The second kappa shape index (κ2) is 6.80. The first kappa shape index (κ1) is 17.0. The number of benzene rings is 2. The highest BCUT2D eigenvalue weighted by Crippen LogP contribution is 2.31. The summed E-state index contributed by atoms with van der Waals surface area (Å²) >= 11 is 1.01. The van der Waals surface area contributed by atoms with Crippen LogP contribution in [0.5, 0.6) is 0 Å². The Balaban J connectivity index is 2.45. The monoisotopic (exact) mass is 330 g/mol. The number of hydrogen-bond donors (Lipinski definition) is 2. The number of aliphatic carboxylic acids is 1. The minimum Gasteiger partial charge on any atom is -0.480 e. The fraction of sp³-hybridized carbons (Fsp3) is 0.188. The largest absolute Gasteiger partial charge is 0.480 e. The Morgan fingerprint density at radius 2 is 1.91 bits per heavy atom. The van der Waals surface area contributed by atoms with Crippen LogP contribution < -0.4 is 10.9 Å². The third kappa shape index (κ3) is 3.69. The van der Waals surface area contributed by atoms with Crippen molar-refractivity contribution in [1.82, 2.24) is 0 Å². The van der Waals surface area contributed by atoms with Crippen molar-refractivity contribution < 1.29 is 9.90 Å². The first-order chi connectivity index (χ1) is 10.9. The molecule has 0 aliphatic carbocycles. The summed E-state index contributed by atoms with van der Waals surface area (Å²) < 4.78 is -1.11. The van der Waals surface area contributed by atoms with Gasteiger partial charge in [0.1, 0.15) is 4.75 Å². The third-order valence-corrected chi connectivity index (χ3v) is 4.40. The fourth-order valence-corrected chi connectivity index (χ4v) is 2.81. The van der Waals surface area contributed by atoms with Crippen molar-refractivity contribution in [1.29, 1.82) is 0 Å². The van der Waals surface area contributed by atoms with Gasteiger partial charge in [-0.05, 0) is 25.3 Å². The summed E-state index contributed by atoms with van der Waals surface area (Å²) in [6.45, 7) is 6.49. The van der Waals surface area contributed by atoms with Gasteiger partial charge in [-0.25, -0.2) is 5.84 Å². The van der Waals surface area contributed by atoms with E-state index < -0.39 is 10.7 Å². The highest BCUT2D eigenvalue weighted by molar-refractivity contribution is 8.15. The van der Waals surface area contributed by atoms with Crippen molar-refractivity contribution in [2.45, 2.75) is 18.6 Å². The predicted octanol–water partition coefficient (Wildman–Crippen LogP) is 3.09. The molecule has 0 unspecified atom stereocenters. The number of nitrogens with zero attached hydrogens (tertiary/aromatic N) is 3. The van der Waals surface area contributed by atoms with Crippen molar-refractivity contribution in [3.05, 3.63) is 42.5 Å². The molecule has 7 heteroatoms. The van der Waals surface area contributed by atoms with Gasteiger partial charge in [0, 0.05) is 12.1 Å². The number of carbonyl (C=O) groups is 1. The van der Waals surface area contributed by atoms with Gasteiger partial charge in [0.05, 0.1) is 5.69 Å². The quantitative estimate of drug-likeness (QED) is 0.389. The van der Waals surface area contributed by atoms with E-state index in [1.165, 1.54) is 5.01 Å². The summed E-state index contributed by atoms with van der Waals surface area (Å²) in [5, 5.41) is 20.3. The van der Waals surface area contributed by atoms with E-state index in [1.54, 1.807) is 13.8 Å². The minimum atomic E-state index is -1.11. The first-order valence-corrected chi connectivity index (χ1v) is 7.67. The topological polar surface area (TPSA) is 91.3 Å². The van der Waals surface area contributed by atoms with Crippen molar-refractivity contribution in [3.63, 3.8) is 0 Å². The van der Waals surface area contributed by atoms with Crippen molar-refractivity contribution in [2.24, 2.45) is 16.0 Å². The number of hydrogen-bond acceptors (Lipinski definition) is 5. The van der Waals surface area contributed by atoms with Gasteiger partial charge in [-0.3, -0.25) is 9.80 Å². The summed E-state index contributed by atoms with van der Waals surface area (Å²) in [5.41, 5.74) is 0.708. The lowest BCUT2D eigenvalue weighted by Gasteiger charge is -2.25. The van der Waals surface area contributed by atoms with Gasteiger partial charge < -0.3 is 5.11 Å². The van der Waals surface area contributed by atoms with Crippen LogP contribution in [0.4, 0.5) is 5.69 Å². The average molecular weight is 330 g/mol. The summed E-state index contributed by atoms with van der Waals surface area (Å²) in [6.07, 6.45) is 0. The Hall–Kier alpha value is -2.38. The van der Waals surface area contributed by atoms with Gasteiger partial charge in [-0.15, -0.1) is 5.10 Å². The molecule has 0 spiro atoms. The van der Waals surface area contributed by atoms with Crippen LogP contribution in [0.3, 0.4) is 0 Å². The maximum atomic E-state index is 11.4. The van der Waals surface area contributed by atoms with Gasteiger partial charge in [0.25, 0.3) is 0 Å². The molecule has 0 heterocycles. The first-order valence-electron chi connectivity index (χ1n) is 6.85. The Bertz CT molecular complexity index is 768. The molecule has 0 radical (unpaired) electrons. The third-order valence-electron chi connectivity index (χ3n) is 3.25. The molecule has 23 heavy (non-hydrogen) atoms. The molecule has 0 fully saturated rings. The van der Waals surface area contributed by atoms with Crippen LogP contribution in [0.25, 0.3) is 10.8 Å². The predicted molar refractivity (Wildman–Crippen MR) is 96.9 cm³/mol. The summed E-state index contributed by atoms with van der Waals surface area (Å²) in [6, 6.07) is 13.5. The van der Waals surface area contributed by atoms with Crippen molar-refractivity contribution in [2.75, 3.05) is 5.01 Å². The molecule has 120 valence electrons. The van der Waals surface area contributed by atoms with Gasteiger partial charge in [0.15, 0.2) is 0 Å². The molecule has 2 aromatic carbocycles. The van der Waals surface area contributed by atoms with Crippen molar-refractivity contribution >= 4 is 46.1 Å². The second-order valence-electron chi connectivity index (χ2n) is 5.31. The fourth-order valence-electron chi connectivity index (χ4n) is 1.97. The number of hydrazine groups is 1. The van der Waals surface area contributed by atoms with Crippen LogP contribution in [0.1, 0.15) is 13.8 Å². The van der Waals surface area contributed by atoms with Gasteiger partial charge in [0.2, 0.25) is 5.17 Å². The molecule has 0 aromatic heterocycles. The van der Waals surface area contributed by atoms with E-state index in [9.17, 15) is 9.90 Å². The lowest BCUT2D eigenvalue weighted by molar-refractivity contribution is -0.138. The van der Waals surface area contributed by atoms with Gasteiger partial charge in [-0.2, -0.15) is 5.10 Å². The van der Waals surface area contributed by atoms with Crippen LogP contribution >= 0.6 is 11.8 Å². The molecular formula is C16H18N4O2S. The van der Waals surface area contributed by atoms with Crippen LogP contribution in [-0.2, 0) is 4.79 Å². The number of amidine groups is 1. The molecule has 0 bridgehead atoms. The Kier molecular flexibility index (Phi) is 5.02. The number of carboxylic acids is 1. The summed E-state index contributed by atoms with van der Waals surface area (Å²) in [7, 11) is 0. The molecule has 3 N–H and O–H groups in total. The van der Waals surface area contributed by atoms with E-state index in [-0.39, 0.29) is 5.17 Å².